The van der Waals surface area contributed by atoms with Gasteiger partial charge in [0.25, 0.3) is 0 Å². The number of rotatable bonds is 4. The summed E-state index contributed by atoms with van der Waals surface area (Å²) in [6, 6.07) is 3.23. The van der Waals surface area contributed by atoms with Crippen LogP contribution in [-0.2, 0) is 9.59 Å². The third-order valence-electron chi connectivity index (χ3n) is 3.68. The van der Waals surface area contributed by atoms with Crippen molar-refractivity contribution in [3.05, 3.63) is 23.9 Å². The van der Waals surface area contributed by atoms with Crippen molar-refractivity contribution in [2.24, 2.45) is 5.92 Å². The Morgan fingerprint density at radius 1 is 1.35 bits per heavy atom. The number of carbonyl (C=O) groups excluding carboxylic acids is 2. The highest BCUT2D eigenvalue weighted by atomic mass is 16.2. The van der Waals surface area contributed by atoms with Crippen LogP contribution in [0.1, 0.15) is 38.2 Å². The highest BCUT2D eigenvalue weighted by Crippen LogP contribution is 2.28. The zero-order valence-electron chi connectivity index (χ0n) is 12.0. The number of amides is 2. The third-order valence-corrected chi connectivity index (χ3v) is 3.68. The van der Waals surface area contributed by atoms with Gasteiger partial charge in [0.05, 0.1) is 0 Å². The first-order valence-electron chi connectivity index (χ1n) is 7.07. The number of hydrogen-bond acceptors (Lipinski definition) is 3. The van der Waals surface area contributed by atoms with Crippen molar-refractivity contribution in [2.45, 2.75) is 45.6 Å². The third kappa shape index (κ3) is 3.79. The standard InChI is InChI=1S/C15H21N3O2/c1-10-7-8-16-13(9-10)18-15(20)14(17-11(2)19)12-5-3-4-6-12/h7-9,12,14H,3-6H2,1-2H3,(H,17,19)(H,16,18,20). The van der Waals surface area contributed by atoms with E-state index in [4.69, 9.17) is 0 Å². The number of nitrogens with zero attached hydrogens (tertiary/aromatic N) is 1. The summed E-state index contributed by atoms with van der Waals surface area (Å²) >= 11 is 0. The fourth-order valence-electron chi connectivity index (χ4n) is 2.72. The Balaban J connectivity index is 2.07. The summed E-state index contributed by atoms with van der Waals surface area (Å²) in [5.41, 5.74) is 1.03. The van der Waals surface area contributed by atoms with Crippen LogP contribution >= 0.6 is 0 Å². The number of hydrogen-bond donors (Lipinski definition) is 2. The lowest BCUT2D eigenvalue weighted by molar-refractivity contribution is -0.126. The number of carbonyl (C=O) groups is 2. The van der Waals surface area contributed by atoms with Crippen molar-refractivity contribution >= 4 is 17.6 Å². The van der Waals surface area contributed by atoms with Crippen LogP contribution in [0.15, 0.2) is 18.3 Å². The van der Waals surface area contributed by atoms with Gasteiger partial charge < -0.3 is 10.6 Å². The van der Waals surface area contributed by atoms with Crippen LogP contribution in [0.25, 0.3) is 0 Å². The largest absolute Gasteiger partial charge is 0.344 e. The van der Waals surface area contributed by atoms with Crippen molar-refractivity contribution in [1.29, 1.82) is 0 Å². The summed E-state index contributed by atoms with van der Waals surface area (Å²) in [6.45, 7) is 3.39. The lowest BCUT2D eigenvalue weighted by Crippen LogP contribution is -2.47. The first-order valence-corrected chi connectivity index (χ1v) is 7.07. The number of pyridine rings is 1. The van der Waals surface area contributed by atoms with Gasteiger partial charge in [0, 0.05) is 13.1 Å². The molecular weight excluding hydrogens is 254 g/mol. The van der Waals surface area contributed by atoms with Crippen LogP contribution in [-0.4, -0.2) is 22.8 Å². The molecule has 2 N–H and O–H groups in total. The molecule has 1 aliphatic carbocycles. The molecule has 1 saturated carbocycles. The fourth-order valence-corrected chi connectivity index (χ4v) is 2.72. The molecule has 0 radical (unpaired) electrons. The van der Waals surface area contributed by atoms with Gasteiger partial charge in [-0.15, -0.1) is 0 Å². The second-order valence-electron chi connectivity index (χ2n) is 5.43. The van der Waals surface area contributed by atoms with Gasteiger partial charge in [0.2, 0.25) is 11.8 Å². The van der Waals surface area contributed by atoms with Crippen molar-refractivity contribution in [2.75, 3.05) is 5.32 Å². The first kappa shape index (κ1) is 14.5. The topological polar surface area (TPSA) is 71.1 Å². The van der Waals surface area contributed by atoms with Crippen LogP contribution in [0, 0.1) is 12.8 Å². The van der Waals surface area contributed by atoms with Gasteiger partial charge >= 0.3 is 0 Å². The van der Waals surface area contributed by atoms with Gasteiger partial charge in [0.15, 0.2) is 0 Å². The van der Waals surface area contributed by atoms with Crippen LogP contribution in [0.4, 0.5) is 5.82 Å². The van der Waals surface area contributed by atoms with Gasteiger partial charge in [-0.05, 0) is 43.4 Å². The summed E-state index contributed by atoms with van der Waals surface area (Å²) in [7, 11) is 0. The average molecular weight is 275 g/mol. The van der Waals surface area contributed by atoms with E-state index in [0.29, 0.717) is 5.82 Å². The Morgan fingerprint density at radius 3 is 2.65 bits per heavy atom. The quantitative estimate of drug-likeness (QED) is 0.883. The first-order chi connectivity index (χ1) is 9.56. The zero-order chi connectivity index (χ0) is 14.5. The maximum Gasteiger partial charge on any atom is 0.248 e. The van der Waals surface area contributed by atoms with Crippen LogP contribution in [0.3, 0.4) is 0 Å². The molecule has 20 heavy (non-hydrogen) atoms. The Kier molecular flexibility index (Phi) is 4.71. The molecular formula is C15H21N3O2. The van der Waals surface area contributed by atoms with E-state index in [2.05, 4.69) is 15.6 Å². The SMILES string of the molecule is CC(=O)NC(C(=O)Nc1cc(C)ccn1)C1CCCC1. The maximum atomic E-state index is 12.4. The van der Waals surface area contributed by atoms with E-state index in [0.717, 1.165) is 31.2 Å². The van der Waals surface area contributed by atoms with Gasteiger partial charge in [-0.25, -0.2) is 4.98 Å². The molecule has 0 aliphatic heterocycles. The molecule has 0 spiro atoms. The predicted molar refractivity (Wildman–Crippen MR) is 77.2 cm³/mol. The fraction of sp³-hybridized carbons (Fsp3) is 0.533. The molecule has 1 unspecified atom stereocenters. The molecule has 1 aromatic rings. The second kappa shape index (κ2) is 6.50. The van der Waals surface area contributed by atoms with Crippen molar-refractivity contribution in [3.63, 3.8) is 0 Å². The highest BCUT2D eigenvalue weighted by molar-refractivity contribution is 5.96. The summed E-state index contributed by atoms with van der Waals surface area (Å²) in [4.78, 5) is 27.8. The molecule has 2 amide bonds. The number of anilines is 1. The summed E-state index contributed by atoms with van der Waals surface area (Å²) < 4.78 is 0. The minimum absolute atomic E-state index is 0.172. The van der Waals surface area contributed by atoms with Crippen molar-refractivity contribution < 1.29 is 9.59 Å². The van der Waals surface area contributed by atoms with E-state index < -0.39 is 6.04 Å². The lowest BCUT2D eigenvalue weighted by Gasteiger charge is -2.23. The maximum absolute atomic E-state index is 12.4. The van der Waals surface area contributed by atoms with E-state index in [1.807, 2.05) is 19.1 Å². The minimum Gasteiger partial charge on any atom is -0.344 e. The molecule has 0 saturated heterocycles. The molecule has 1 atom stereocenters. The lowest BCUT2D eigenvalue weighted by atomic mass is 9.97. The minimum atomic E-state index is -0.461. The van der Waals surface area contributed by atoms with Gasteiger partial charge in [0.1, 0.15) is 11.9 Å². The summed E-state index contributed by atoms with van der Waals surface area (Å²) in [5.74, 6) is 0.409. The van der Waals surface area contributed by atoms with Crippen LogP contribution in [0.5, 0.6) is 0 Å². The molecule has 0 bridgehead atoms. The van der Waals surface area contributed by atoms with E-state index in [1.54, 1.807) is 6.20 Å². The van der Waals surface area contributed by atoms with E-state index in [1.165, 1.54) is 6.92 Å². The van der Waals surface area contributed by atoms with Crippen molar-refractivity contribution in [1.82, 2.24) is 10.3 Å². The Bertz CT molecular complexity index is 496. The Morgan fingerprint density at radius 2 is 2.05 bits per heavy atom. The smallest absolute Gasteiger partial charge is 0.248 e. The Hall–Kier alpha value is -1.91. The number of nitrogens with one attached hydrogen (secondary N) is 2. The molecule has 108 valence electrons. The molecule has 5 heteroatoms. The van der Waals surface area contributed by atoms with Gasteiger partial charge in [-0.2, -0.15) is 0 Å². The number of aromatic nitrogens is 1. The predicted octanol–water partition coefficient (Wildman–Crippen LogP) is 2.02. The molecule has 1 aromatic heterocycles. The second-order valence-corrected chi connectivity index (χ2v) is 5.43. The van der Waals surface area contributed by atoms with E-state index >= 15 is 0 Å². The molecule has 1 heterocycles. The van der Waals surface area contributed by atoms with E-state index in [-0.39, 0.29) is 17.7 Å². The molecule has 5 nitrogen and oxygen atoms in total. The molecule has 0 aromatic carbocycles. The van der Waals surface area contributed by atoms with Crippen LogP contribution in [0.2, 0.25) is 0 Å². The zero-order valence-corrected chi connectivity index (χ0v) is 12.0. The van der Waals surface area contributed by atoms with E-state index in [9.17, 15) is 9.59 Å². The van der Waals surface area contributed by atoms with Crippen LogP contribution < -0.4 is 10.6 Å². The van der Waals surface area contributed by atoms with Gasteiger partial charge in [-0.3, -0.25) is 9.59 Å². The van der Waals surface area contributed by atoms with Gasteiger partial charge in [-0.1, -0.05) is 12.8 Å². The summed E-state index contributed by atoms with van der Waals surface area (Å²) in [6.07, 6.45) is 5.88. The summed E-state index contributed by atoms with van der Waals surface area (Å²) in [5, 5.41) is 5.58. The van der Waals surface area contributed by atoms with Crippen molar-refractivity contribution in [3.8, 4) is 0 Å². The average Bonchev–Trinajstić information content (AvgIpc) is 2.89. The monoisotopic (exact) mass is 275 g/mol. The normalized spacial score (nSPS) is 16.7. The Labute approximate surface area is 119 Å². The number of aryl methyl sites for hydroxylation is 1. The highest BCUT2D eigenvalue weighted by Gasteiger charge is 2.31. The molecule has 2 rings (SSSR count). The molecule has 1 fully saturated rings. The molecule has 1 aliphatic rings.